The second-order valence-electron chi connectivity index (χ2n) is 6.35. The first-order chi connectivity index (χ1) is 14.4. The first kappa shape index (κ1) is 22.1. The van der Waals surface area contributed by atoms with Crippen LogP contribution in [0.25, 0.3) is 0 Å². The number of rotatable bonds is 4. The molecule has 164 valence electrons. The standard InChI is InChI=1S/C19H13F7N4O/c1-30-16(9-15(29-30)19(24,25)26)28-17(31)11-4-2-3-5-14(11)27-10-6-7-13(20)12(8-10)18(21,22)23/h2-9,27H,1H3,(H,28,31). The maximum absolute atomic E-state index is 13.5. The summed E-state index contributed by atoms with van der Waals surface area (Å²) in [6.45, 7) is 0. The molecular formula is C19H13F7N4O. The lowest BCUT2D eigenvalue weighted by atomic mass is 10.1. The average Bonchev–Trinajstić information content (AvgIpc) is 3.03. The van der Waals surface area contributed by atoms with Crippen LogP contribution < -0.4 is 10.6 Å². The Labute approximate surface area is 170 Å². The van der Waals surface area contributed by atoms with Crippen molar-refractivity contribution in [3.63, 3.8) is 0 Å². The van der Waals surface area contributed by atoms with Gasteiger partial charge in [-0.2, -0.15) is 31.4 Å². The van der Waals surface area contributed by atoms with Gasteiger partial charge in [-0.1, -0.05) is 12.1 Å². The number of halogens is 7. The number of nitrogens with zero attached hydrogens (tertiary/aromatic N) is 2. The number of alkyl halides is 6. The molecule has 12 heteroatoms. The van der Waals surface area contributed by atoms with E-state index in [9.17, 15) is 35.5 Å². The number of aromatic nitrogens is 2. The summed E-state index contributed by atoms with van der Waals surface area (Å²) in [5.74, 6) is -2.54. The Morgan fingerprint density at radius 3 is 2.26 bits per heavy atom. The quantitative estimate of drug-likeness (QED) is 0.514. The molecule has 0 saturated heterocycles. The maximum atomic E-state index is 13.5. The van der Waals surface area contributed by atoms with Crippen LogP contribution in [0.15, 0.2) is 48.5 Å². The minimum absolute atomic E-state index is 0.0537. The van der Waals surface area contributed by atoms with Gasteiger partial charge in [0, 0.05) is 18.8 Å². The summed E-state index contributed by atoms with van der Waals surface area (Å²) >= 11 is 0. The van der Waals surface area contributed by atoms with Crippen LogP contribution in [0, 0.1) is 5.82 Å². The summed E-state index contributed by atoms with van der Waals surface area (Å²) in [4.78, 5) is 12.6. The largest absolute Gasteiger partial charge is 0.435 e. The van der Waals surface area contributed by atoms with Crippen LogP contribution >= 0.6 is 0 Å². The second-order valence-corrected chi connectivity index (χ2v) is 6.35. The van der Waals surface area contributed by atoms with E-state index in [0.717, 1.165) is 10.7 Å². The summed E-state index contributed by atoms with van der Waals surface area (Å²) in [6.07, 6.45) is -9.63. The normalized spacial score (nSPS) is 12.0. The van der Waals surface area contributed by atoms with E-state index >= 15 is 0 Å². The van der Waals surface area contributed by atoms with Gasteiger partial charge in [0.1, 0.15) is 11.6 Å². The van der Waals surface area contributed by atoms with Crippen molar-refractivity contribution in [2.24, 2.45) is 7.05 Å². The van der Waals surface area contributed by atoms with Crippen LogP contribution in [0.1, 0.15) is 21.6 Å². The number of benzene rings is 2. The second kappa shape index (κ2) is 7.93. The van der Waals surface area contributed by atoms with Crippen LogP contribution in [0.4, 0.5) is 47.9 Å². The van der Waals surface area contributed by atoms with Gasteiger partial charge in [-0.25, -0.2) is 4.39 Å². The van der Waals surface area contributed by atoms with Crippen LogP contribution in [0.3, 0.4) is 0 Å². The van der Waals surface area contributed by atoms with Gasteiger partial charge in [0.15, 0.2) is 5.69 Å². The maximum Gasteiger partial charge on any atom is 0.435 e. The third kappa shape index (κ3) is 4.95. The third-order valence-corrected chi connectivity index (χ3v) is 4.13. The highest BCUT2D eigenvalue weighted by atomic mass is 19.4. The van der Waals surface area contributed by atoms with Gasteiger partial charge in [0.2, 0.25) is 0 Å². The molecule has 1 aromatic heterocycles. The first-order valence-electron chi connectivity index (χ1n) is 8.51. The lowest BCUT2D eigenvalue weighted by Crippen LogP contribution is -2.16. The average molecular weight is 446 g/mol. The van der Waals surface area contributed by atoms with Crippen molar-refractivity contribution in [3.05, 3.63) is 71.2 Å². The predicted octanol–water partition coefficient (Wildman–Crippen LogP) is 5.59. The topological polar surface area (TPSA) is 59.0 Å². The smallest absolute Gasteiger partial charge is 0.355 e. The molecule has 0 aliphatic heterocycles. The summed E-state index contributed by atoms with van der Waals surface area (Å²) in [7, 11) is 1.20. The zero-order chi connectivity index (χ0) is 23.0. The lowest BCUT2D eigenvalue weighted by Gasteiger charge is -2.14. The number of hydrogen-bond donors (Lipinski definition) is 2. The van der Waals surface area contributed by atoms with Crippen molar-refractivity contribution in [2.45, 2.75) is 12.4 Å². The predicted molar refractivity (Wildman–Crippen MR) is 97.3 cm³/mol. The fourth-order valence-electron chi connectivity index (χ4n) is 2.67. The molecule has 31 heavy (non-hydrogen) atoms. The molecule has 0 aliphatic carbocycles. The van der Waals surface area contributed by atoms with E-state index in [1.54, 1.807) is 0 Å². The van der Waals surface area contributed by atoms with Crippen LogP contribution in [0.5, 0.6) is 0 Å². The molecule has 0 saturated carbocycles. The molecule has 2 N–H and O–H groups in total. The summed E-state index contributed by atoms with van der Waals surface area (Å²) in [5.41, 5.74) is -2.86. The molecular weight excluding hydrogens is 433 g/mol. The number of carbonyl (C=O) groups excluding carboxylic acids is 1. The summed E-state index contributed by atoms with van der Waals surface area (Å²) < 4.78 is 91.4. The van der Waals surface area contributed by atoms with E-state index in [-0.39, 0.29) is 22.8 Å². The molecule has 5 nitrogen and oxygen atoms in total. The number of carbonyl (C=O) groups is 1. The monoisotopic (exact) mass is 446 g/mol. The number of hydrogen-bond acceptors (Lipinski definition) is 3. The molecule has 2 aromatic carbocycles. The van der Waals surface area contributed by atoms with Crippen molar-refractivity contribution in [2.75, 3.05) is 10.6 Å². The van der Waals surface area contributed by atoms with Crippen LogP contribution in [-0.4, -0.2) is 15.7 Å². The fourth-order valence-corrected chi connectivity index (χ4v) is 2.67. The van der Waals surface area contributed by atoms with Crippen LogP contribution in [-0.2, 0) is 19.4 Å². The number of anilines is 3. The minimum Gasteiger partial charge on any atom is -0.355 e. The van der Waals surface area contributed by atoms with Gasteiger partial charge < -0.3 is 10.6 Å². The molecule has 1 heterocycles. The molecule has 0 radical (unpaired) electrons. The number of para-hydroxylation sites is 1. The number of amides is 1. The Bertz CT molecular complexity index is 1120. The van der Waals surface area contributed by atoms with Gasteiger partial charge in [-0.3, -0.25) is 9.48 Å². The van der Waals surface area contributed by atoms with E-state index in [0.29, 0.717) is 18.2 Å². The molecule has 0 atom stereocenters. The molecule has 0 fully saturated rings. The molecule has 0 bridgehead atoms. The van der Waals surface area contributed by atoms with E-state index in [2.05, 4.69) is 15.7 Å². The SMILES string of the molecule is Cn1nc(C(F)(F)F)cc1NC(=O)c1ccccc1Nc1ccc(F)c(C(F)(F)F)c1. The molecule has 0 spiro atoms. The minimum atomic E-state index is -4.92. The Morgan fingerprint density at radius 2 is 1.65 bits per heavy atom. The van der Waals surface area contributed by atoms with E-state index in [4.69, 9.17) is 0 Å². The van der Waals surface area contributed by atoms with Crippen molar-refractivity contribution >= 4 is 23.1 Å². The Morgan fingerprint density at radius 1 is 0.968 bits per heavy atom. The van der Waals surface area contributed by atoms with Gasteiger partial charge in [0.05, 0.1) is 16.8 Å². The van der Waals surface area contributed by atoms with Crippen molar-refractivity contribution in [1.82, 2.24) is 9.78 Å². The zero-order valence-electron chi connectivity index (χ0n) is 15.6. The highest BCUT2D eigenvalue weighted by molar-refractivity contribution is 6.08. The van der Waals surface area contributed by atoms with Crippen LogP contribution in [0.2, 0.25) is 0 Å². The first-order valence-corrected chi connectivity index (χ1v) is 8.51. The fraction of sp³-hybridized carbons (Fsp3) is 0.158. The Hall–Kier alpha value is -3.57. The van der Waals surface area contributed by atoms with E-state index in [1.165, 1.54) is 31.3 Å². The molecule has 3 aromatic rings. The highest BCUT2D eigenvalue weighted by Crippen LogP contribution is 2.34. The summed E-state index contributed by atoms with van der Waals surface area (Å²) in [5, 5.41) is 8.14. The zero-order valence-corrected chi connectivity index (χ0v) is 15.6. The number of aryl methyl sites for hydroxylation is 1. The van der Waals surface area contributed by atoms with Gasteiger partial charge in [-0.05, 0) is 30.3 Å². The molecule has 1 amide bonds. The van der Waals surface area contributed by atoms with Crippen molar-refractivity contribution < 1.29 is 35.5 Å². The molecule has 0 unspecified atom stereocenters. The summed E-state index contributed by atoms with van der Waals surface area (Å²) in [6, 6.07) is 8.49. The third-order valence-electron chi connectivity index (χ3n) is 4.13. The Balaban J connectivity index is 1.88. The van der Waals surface area contributed by atoms with E-state index in [1.807, 2.05) is 0 Å². The lowest BCUT2D eigenvalue weighted by molar-refractivity contribution is -0.141. The number of nitrogens with one attached hydrogen (secondary N) is 2. The van der Waals surface area contributed by atoms with Crippen molar-refractivity contribution in [1.29, 1.82) is 0 Å². The van der Waals surface area contributed by atoms with Gasteiger partial charge in [0.25, 0.3) is 5.91 Å². The highest BCUT2D eigenvalue weighted by Gasteiger charge is 2.35. The molecule has 0 aliphatic rings. The van der Waals surface area contributed by atoms with Crippen molar-refractivity contribution in [3.8, 4) is 0 Å². The van der Waals surface area contributed by atoms with Gasteiger partial charge >= 0.3 is 12.4 Å². The van der Waals surface area contributed by atoms with E-state index < -0.39 is 35.3 Å². The molecule has 3 rings (SSSR count). The Kier molecular flexibility index (Phi) is 5.66. The van der Waals surface area contributed by atoms with Gasteiger partial charge in [-0.15, -0.1) is 0 Å².